The molecule has 0 aliphatic heterocycles. The van der Waals surface area contributed by atoms with E-state index in [1.54, 1.807) is 55.5 Å². The van der Waals surface area contributed by atoms with Crippen molar-refractivity contribution >= 4 is 34.2 Å². The number of anilines is 1. The molecule has 4 aromatic rings. The average molecular weight is 497 g/mol. The minimum absolute atomic E-state index is 0.150. The summed E-state index contributed by atoms with van der Waals surface area (Å²) in [4.78, 5) is 33.1. The fourth-order valence-electron chi connectivity index (χ4n) is 4.06. The molecule has 180 valence electrons. The number of carbonyl (C=O) groups excluding carboxylic acids is 1. The van der Waals surface area contributed by atoms with E-state index in [4.69, 9.17) is 16.6 Å². The van der Waals surface area contributed by atoms with Crippen molar-refractivity contribution in [3.05, 3.63) is 99.6 Å². The maximum Gasteiger partial charge on any atom is 0.322 e. The largest absolute Gasteiger partial charge is 0.322 e. The maximum atomic E-state index is 14.2. The van der Waals surface area contributed by atoms with E-state index in [-0.39, 0.29) is 17.8 Å². The summed E-state index contributed by atoms with van der Waals surface area (Å²) in [7, 11) is 0. The Morgan fingerprint density at radius 3 is 2.54 bits per heavy atom. The van der Waals surface area contributed by atoms with Crippen molar-refractivity contribution in [3.8, 4) is 5.69 Å². The quantitative estimate of drug-likeness (QED) is 0.339. The Balaban J connectivity index is 1.85. The van der Waals surface area contributed by atoms with Gasteiger partial charge in [0.15, 0.2) is 0 Å². The summed E-state index contributed by atoms with van der Waals surface area (Å²) in [6.45, 7) is 3.88. The van der Waals surface area contributed by atoms with Gasteiger partial charge in [-0.1, -0.05) is 36.7 Å². The van der Waals surface area contributed by atoms with Crippen LogP contribution in [0.3, 0.4) is 0 Å². The molecule has 0 bridgehead atoms. The first-order chi connectivity index (χ1) is 16.8. The van der Waals surface area contributed by atoms with E-state index < -0.39 is 23.7 Å². The van der Waals surface area contributed by atoms with Crippen molar-refractivity contribution in [2.45, 2.75) is 26.3 Å². The summed E-state index contributed by atoms with van der Waals surface area (Å²) in [6, 6.07) is 15.5. The molecule has 0 aliphatic carbocycles. The highest BCUT2D eigenvalue weighted by Crippen LogP contribution is 2.27. The van der Waals surface area contributed by atoms with Crippen molar-refractivity contribution < 1.29 is 13.6 Å². The number of fused-ring (bicyclic) bond motifs is 1. The lowest BCUT2D eigenvalue weighted by molar-refractivity contribution is 0.185. The number of para-hydroxylation sites is 1. The van der Waals surface area contributed by atoms with Gasteiger partial charge in [0.2, 0.25) is 0 Å². The zero-order valence-electron chi connectivity index (χ0n) is 19.1. The number of halogens is 3. The van der Waals surface area contributed by atoms with Crippen molar-refractivity contribution in [2.24, 2.45) is 0 Å². The summed E-state index contributed by atoms with van der Waals surface area (Å²) >= 11 is 6.22. The predicted octanol–water partition coefficient (Wildman–Crippen LogP) is 6.32. The fraction of sp³-hybridized carbons (Fsp3) is 0.192. The van der Waals surface area contributed by atoms with Crippen LogP contribution in [0.1, 0.15) is 32.1 Å². The molecular weight excluding hydrogens is 474 g/mol. The van der Waals surface area contributed by atoms with Gasteiger partial charge in [-0.2, -0.15) is 0 Å². The van der Waals surface area contributed by atoms with Crippen LogP contribution in [0.4, 0.5) is 19.3 Å². The Labute approximate surface area is 205 Å². The first-order valence-electron chi connectivity index (χ1n) is 11.1. The Morgan fingerprint density at radius 2 is 1.86 bits per heavy atom. The number of carbonyl (C=O) groups is 1. The van der Waals surface area contributed by atoms with Crippen LogP contribution in [0.2, 0.25) is 5.02 Å². The zero-order valence-corrected chi connectivity index (χ0v) is 19.9. The number of urea groups is 1. The van der Waals surface area contributed by atoms with Crippen LogP contribution in [0.25, 0.3) is 16.6 Å². The molecule has 6 nitrogen and oxygen atoms in total. The third-order valence-electron chi connectivity index (χ3n) is 5.70. The molecule has 1 N–H and O–H groups in total. The van der Waals surface area contributed by atoms with Gasteiger partial charge in [-0.15, -0.1) is 0 Å². The molecule has 0 saturated carbocycles. The first-order valence-corrected chi connectivity index (χ1v) is 11.5. The van der Waals surface area contributed by atoms with Gasteiger partial charge in [0.05, 0.1) is 28.3 Å². The van der Waals surface area contributed by atoms with Crippen LogP contribution in [0.5, 0.6) is 0 Å². The summed E-state index contributed by atoms with van der Waals surface area (Å²) < 4.78 is 28.9. The highest BCUT2D eigenvalue weighted by molar-refractivity contribution is 6.30. The van der Waals surface area contributed by atoms with Gasteiger partial charge in [-0.3, -0.25) is 9.36 Å². The minimum atomic E-state index is -0.887. The van der Waals surface area contributed by atoms with E-state index >= 15 is 0 Å². The van der Waals surface area contributed by atoms with Crippen molar-refractivity contribution in [1.82, 2.24) is 14.5 Å². The van der Waals surface area contributed by atoms with Crippen LogP contribution in [0, 0.1) is 11.6 Å². The van der Waals surface area contributed by atoms with E-state index in [1.165, 1.54) is 9.47 Å². The molecule has 0 saturated heterocycles. The fourth-order valence-corrected chi connectivity index (χ4v) is 4.25. The second-order valence-electron chi connectivity index (χ2n) is 7.87. The molecule has 0 radical (unpaired) electrons. The van der Waals surface area contributed by atoms with Crippen molar-refractivity contribution in [3.63, 3.8) is 0 Å². The van der Waals surface area contributed by atoms with E-state index in [1.807, 2.05) is 6.92 Å². The third-order valence-corrected chi connectivity index (χ3v) is 5.94. The maximum absolute atomic E-state index is 14.2. The van der Waals surface area contributed by atoms with E-state index in [0.29, 0.717) is 39.9 Å². The number of nitrogens with zero attached hydrogens (tertiary/aromatic N) is 3. The Morgan fingerprint density at radius 1 is 1.09 bits per heavy atom. The molecule has 1 heterocycles. The second kappa shape index (κ2) is 10.2. The summed E-state index contributed by atoms with van der Waals surface area (Å²) in [5.41, 5.74) is 0.552. The van der Waals surface area contributed by atoms with Gasteiger partial charge >= 0.3 is 6.03 Å². The molecule has 0 spiro atoms. The number of nitrogens with one attached hydrogen (secondary N) is 1. The number of aromatic nitrogens is 2. The molecule has 4 rings (SSSR count). The number of rotatable bonds is 6. The predicted molar refractivity (Wildman–Crippen MR) is 133 cm³/mol. The number of hydrogen-bond acceptors (Lipinski definition) is 3. The zero-order chi connectivity index (χ0) is 25.1. The van der Waals surface area contributed by atoms with Gasteiger partial charge in [-0.05, 0) is 55.8 Å². The van der Waals surface area contributed by atoms with Crippen LogP contribution in [-0.4, -0.2) is 27.0 Å². The molecule has 0 fully saturated rings. The Bertz CT molecular complexity index is 1460. The number of amides is 2. The van der Waals surface area contributed by atoms with E-state index in [2.05, 4.69) is 5.32 Å². The first kappa shape index (κ1) is 24.3. The van der Waals surface area contributed by atoms with Crippen molar-refractivity contribution in [2.75, 3.05) is 11.9 Å². The second-order valence-corrected chi connectivity index (χ2v) is 8.31. The van der Waals surface area contributed by atoms with Gasteiger partial charge in [0.25, 0.3) is 5.56 Å². The molecule has 1 atom stereocenters. The molecule has 1 unspecified atom stereocenters. The molecule has 1 aromatic heterocycles. The Kier molecular flexibility index (Phi) is 7.12. The van der Waals surface area contributed by atoms with Crippen molar-refractivity contribution in [1.29, 1.82) is 0 Å². The molecular formula is C26H23ClF2N4O2. The molecule has 35 heavy (non-hydrogen) atoms. The lowest BCUT2D eigenvalue weighted by Crippen LogP contribution is -2.40. The van der Waals surface area contributed by atoms with Gasteiger partial charge in [0, 0.05) is 17.6 Å². The standard InChI is InChI=1S/C26H23ClF2N4O2/c1-3-23(32(4-2)26(35)31-22-13-12-17(28)15-20(22)29)24-30-21-11-6-5-10-19(21)25(34)33(24)18-9-7-8-16(27)14-18/h5-15,23H,3-4H2,1-2H3,(H,31,35). The number of benzene rings is 3. The van der Waals surface area contributed by atoms with Gasteiger partial charge < -0.3 is 10.2 Å². The minimum Gasteiger partial charge on any atom is -0.315 e. The molecule has 0 aliphatic rings. The monoisotopic (exact) mass is 496 g/mol. The average Bonchev–Trinajstić information content (AvgIpc) is 2.84. The summed E-state index contributed by atoms with van der Waals surface area (Å²) in [5.74, 6) is -1.29. The smallest absolute Gasteiger partial charge is 0.315 e. The summed E-state index contributed by atoms with van der Waals surface area (Å²) in [5, 5.41) is 3.37. The lowest BCUT2D eigenvalue weighted by atomic mass is 10.1. The van der Waals surface area contributed by atoms with Crippen LogP contribution in [0.15, 0.2) is 71.5 Å². The number of hydrogen-bond donors (Lipinski definition) is 1. The topological polar surface area (TPSA) is 67.2 Å². The highest BCUT2D eigenvalue weighted by atomic mass is 35.5. The van der Waals surface area contributed by atoms with Gasteiger partial charge in [0.1, 0.15) is 17.5 Å². The molecule has 9 heteroatoms. The normalized spacial score (nSPS) is 11.9. The molecule has 3 aromatic carbocycles. The summed E-state index contributed by atoms with van der Waals surface area (Å²) in [6.07, 6.45) is 0.415. The SMILES string of the molecule is CCC(c1nc2ccccc2c(=O)n1-c1cccc(Cl)c1)N(CC)C(=O)Nc1ccc(F)cc1F. The van der Waals surface area contributed by atoms with Crippen LogP contribution < -0.4 is 10.9 Å². The molecule has 2 amide bonds. The van der Waals surface area contributed by atoms with Gasteiger partial charge in [-0.25, -0.2) is 18.6 Å². The Hall–Kier alpha value is -3.78. The third kappa shape index (κ3) is 4.88. The van der Waals surface area contributed by atoms with E-state index in [9.17, 15) is 18.4 Å². The lowest BCUT2D eigenvalue weighted by Gasteiger charge is -2.31. The van der Waals surface area contributed by atoms with Crippen LogP contribution in [-0.2, 0) is 0 Å². The van der Waals surface area contributed by atoms with E-state index in [0.717, 1.165) is 12.1 Å². The highest BCUT2D eigenvalue weighted by Gasteiger charge is 2.28. The van der Waals surface area contributed by atoms with Crippen LogP contribution >= 0.6 is 11.6 Å².